The van der Waals surface area contributed by atoms with Crippen LogP contribution in [0.5, 0.6) is 0 Å². The first-order chi connectivity index (χ1) is 29.5. The Morgan fingerprint density at radius 3 is 1.92 bits per heavy atom. The maximum Gasteiger partial charge on any atom is 0.0634 e. The van der Waals surface area contributed by atoms with Gasteiger partial charge in [0.25, 0.3) is 0 Å². The Hall–Kier alpha value is -7.20. The Morgan fingerprint density at radius 2 is 1.07 bits per heavy atom. The molecule has 282 valence electrons. The van der Waals surface area contributed by atoms with E-state index < -0.39 is 0 Å². The maximum atomic E-state index is 2.56. The highest BCUT2D eigenvalue weighted by Gasteiger charge is 2.37. The van der Waals surface area contributed by atoms with Crippen LogP contribution in [0.25, 0.3) is 91.3 Å². The lowest BCUT2D eigenvalue weighted by atomic mass is 9.82. The van der Waals surface area contributed by atoms with Crippen LogP contribution in [0.3, 0.4) is 0 Å². The molecule has 0 N–H and O–H groups in total. The third-order valence-corrected chi connectivity index (χ3v) is 14.5. The number of anilines is 3. The Labute approximate surface area is 351 Å². The second-order valence-corrected chi connectivity index (χ2v) is 17.9. The average molecular weight is 783 g/mol. The van der Waals surface area contributed by atoms with Crippen LogP contribution in [0.4, 0.5) is 17.1 Å². The molecule has 0 fully saturated rings. The van der Waals surface area contributed by atoms with Gasteiger partial charge in [-0.25, -0.2) is 0 Å². The highest BCUT2D eigenvalue weighted by atomic mass is 32.1. The van der Waals surface area contributed by atoms with Crippen LogP contribution < -0.4 is 4.90 Å². The minimum Gasteiger partial charge on any atom is -0.310 e. The van der Waals surface area contributed by atoms with E-state index in [0.717, 1.165) is 11.4 Å². The number of hydrogen-bond acceptors (Lipinski definition) is 2. The van der Waals surface area contributed by atoms with Crippen LogP contribution in [0.2, 0.25) is 0 Å². The molecule has 2 nitrogen and oxygen atoms in total. The largest absolute Gasteiger partial charge is 0.310 e. The SMILES string of the molecule is CC1(C)c2ccccc2-c2c(N(c3ccc(-c4ccccc4)cc3)c3ccc4c(c3)c3ccc5sc6cccc7c8ccccc8c8ccccc8n4c3c5c67)cccc21. The Morgan fingerprint density at radius 1 is 0.433 bits per heavy atom. The summed E-state index contributed by atoms with van der Waals surface area (Å²) in [7, 11) is 0. The van der Waals surface area contributed by atoms with E-state index in [2.05, 4.69) is 217 Å². The van der Waals surface area contributed by atoms with Gasteiger partial charge in [0.1, 0.15) is 0 Å². The van der Waals surface area contributed by atoms with E-state index >= 15 is 0 Å². The number of fused-ring (bicyclic) bond motifs is 11. The molecule has 0 saturated carbocycles. The van der Waals surface area contributed by atoms with Crippen molar-refractivity contribution in [2.75, 3.05) is 4.90 Å². The number of benzene rings is 9. The Kier molecular flexibility index (Phi) is 6.98. The molecule has 3 heteroatoms. The summed E-state index contributed by atoms with van der Waals surface area (Å²) in [4.78, 5) is 2.50. The molecule has 3 aromatic heterocycles. The van der Waals surface area contributed by atoms with E-state index in [0.29, 0.717) is 0 Å². The molecule has 9 aromatic carbocycles. The molecule has 60 heavy (non-hydrogen) atoms. The van der Waals surface area contributed by atoms with E-state index in [9.17, 15) is 0 Å². The van der Waals surface area contributed by atoms with Crippen molar-refractivity contribution >= 4 is 97.4 Å². The van der Waals surface area contributed by atoms with Crippen molar-refractivity contribution in [3.63, 3.8) is 0 Å². The predicted molar refractivity (Wildman–Crippen MR) is 258 cm³/mol. The molecule has 0 amide bonds. The first-order valence-corrected chi connectivity index (χ1v) is 21.7. The van der Waals surface area contributed by atoms with Crippen molar-refractivity contribution in [1.82, 2.24) is 4.40 Å². The monoisotopic (exact) mass is 782 g/mol. The topological polar surface area (TPSA) is 7.65 Å². The maximum absolute atomic E-state index is 2.56. The van der Waals surface area contributed by atoms with Gasteiger partial charge in [0.15, 0.2) is 0 Å². The second kappa shape index (κ2) is 12.4. The van der Waals surface area contributed by atoms with Gasteiger partial charge in [0, 0.05) is 58.7 Å². The lowest BCUT2D eigenvalue weighted by molar-refractivity contribution is 0.660. The summed E-state index contributed by atoms with van der Waals surface area (Å²) < 4.78 is 5.20. The van der Waals surface area contributed by atoms with Gasteiger partial charge in [0.05, 0.1) is 22.2 Å². The van der Waals surface area contributed by atoms with Crippen LogP contribution in [-0.2, 0) is 5.41 Å². The van der Waals surface area contributed by atoms with Gasteiger partial charge in [-0.3, -0.25) is 0 Å². The summed E-state index contributed by atoms with van der Waals surface area (Å²) in [5.74, 6) is 0. The van der Waals surface area contributed by atoms with Crippen molar-refractivity contribution < 1.29 is 0 Å². The minimum absolute atomic E-state index is 0.118. The summed E-state index contributed by atoms with van der Waals surface area (Å²) in [5.41, 5.74) is 14.8. The van der Waals surface area contributed by atoms with Crippen molar-refractivity contribution in [2.24, 2.45) is 0 Å². The fraction of sp³-hybridized carbons (Fsp3) is 0.0526. The van der Waals surface area contributed by atoms with Crippen LogP contribution in [0, 0.1) is 0 Å². The number of thiophene rings is 1. The van der Waals surface area contributed by atoms with Crippen LogP contribution >= 0.6 is 11.3 Å². The summed E-state index contributed by atoms with van der Waals surface area (Å²) in [6.07, 6.45) is 0. The number of nitrogens with zero attached hydrogens (tertiary/aromatic N) is 2. The molecule has 3 heterocycles. The lowest BCUT2D eigenvalue weighted by Gasteiger charge is -2.29. The third kappa shape index (κ3) is 4.58. The molecule has 0 atom stereocenters. The quantitative estimate of drug-likeness (QED) is 0.173. The molecular weight excluding hydrogens is 745 g/mol. The number of rotatable bonds is 4. The summed E-state index contributed by atoms with van der Waals surface area (Å²) in [6, 6.07) is 72.4. The van der Waals surface area contributed by atoms with Crippen LogP contribution in [0.15, 0.2) is 194 Å². The van der Waals surface area contributed by atoms with Crippen molar-refractivity contribution in [3.8, 4) is 22.3 Å². The fourth-order valence-corrected chi connectivity index (χ4v) is 11.8. The van der Waals surface area contributed by atoms with Crippen molar-refractivity contribution in [2.45, 2.75) is 19.3 Å². The molecule has 0 unspecified atom stereocenters. The normalized spacial score (nSPS) is 13.3. The zero-order valence-electron chi connectivity index (χ0n) is 33.3. The van der Waals surface area contributed by atoms with E-state index in [1.165, 1.54) is 108 Å². The number of hydrogen-bond donors (Lipinski definition) is 0. The van der Waals surface area contributed by atoms with E-state index in [4.69, 9.17) is 0 Å². The highest BCUT2D eigenvalue weighted by Crippen LogP contribution is 2.55. The van der Waals surface area contributed by atoms with Gasteiger partial charge in [-0.2, -0.15) is 0 Å². The summed E-state index contributed by atoms with van der Waals surface area (Å²) in [5, 5.41) is 10.2. The van der Waals surface area contributed by atoms with Crippen LogP contribution in [0.1, 0.15) is 25.0 Å². The standard InChI is InChI=1S/C57H38N2S/c1-57(2)46-21-10-8-19-44(46)53-47(57)22-13-24-50(53)58(37-28-26-36(27-29-37)35-14-4-3-5-15-35)38-30-32-49-45(34-38)43-31-33-52-55-54-42(20-12-25-51(54)60-52)40-17-7-6-16-39(40)41-18-9-11-23-48(41)59(49)56(43)55/h3-34H,1-2H3. The number of aromatic nitrogens is 1. The van der Waals surface area contributed by atoms with Crippen LogP contribution in [-0.4, -0.2) is 4.40 Å². The summed E-state index contributed by atoms with van der Waals surface area (Å²) >= 11 is 1.90. The lowest BCUT2D eigenvalue weighted by Crippen LogP contribution is -2.16. The molecule has 0 bridgehead atoms. The Bertz CT molecular complexity index is 3720. The molecule has 0 saturated heterocycles. The molecular formula is C57H38N2S. The first-order valence-electron chi connectivity index (χ1n) is 20.9. The van der Waals surface area contributed by atoms with E-state index in [1.807, 2.05) is 11.3 Å². The van der Waals surface area contributed by atoms with E-state index in [-0.39, 0.29) is 5.41 Å². The predicted octanol–water partition coefficient (Wildman–Crippen LogP) is 16.4. The molecule has 1 aliphatic carbocycles. The van der Waals surface area contributed by atoms with Crippen molar-refractivity contribution in [3.05, 3.63) is 205 Å². The molecule has 13 rings (SSSR count). The molecule has 0 spiro atoms. The third-order valence-electron chi connectivity index (χ3n) is 13.3. The van der Waals surface area contributed by atoms with Gasteiger partial charge in [-0.1, -0.05) is 153 Å². The zero-order chi connectivity index (χ0) is 39.7. The van der Waals surface area contributed by atoms with Gasteiger partial charge < -0.3 is 9.30 Å². The molecule has 0 radical (unpaired) electrons. The average Bonchev–Trinajstić information content (AvgIpc) is 3.93. The first kappa shape index (κ1) is 33.7. The second-order valence-electron chi connectivity index (χ2n) is 16.8. The van der Waals surface area contributed by atoms with Gasteiger partial charge in [-0.05, 0) is 98.6 Å². The summed E-state index contributed by atoms with van der Waals surface area (Å²) in [6.45, 7) is 4.74. The van der Waals surface area contributed by atoms with Gasteiger partial charge >= 0.3 is 0 Å². The molecule has 1 aliphatic rings. The fourth-order valence-electron chi connectivity index (χ4n) is 10.6. The highest BCUT2D eigenvalue weighted by molar-refractivity contribution is 7.26. The van der Waals surface area contributed by atoms with Gasteiger partial charge in [0.2, 0.25) is 0 Å². The Balaban J connectivity index is 1.15. The molecule has 12 aromatic rings. The van der Waals surface area contributed by atoms with Gasteiger partial charge in [-0.15, -0.1) is 11.3 Å². The zero-order valence-corrected chi connectivity index (χ0v) is 34.1. The molecule has 0 aliphatic heterocycles. The number of para-hydroxylation sites is 1. The smallest absolute Gasteiger partial charge is 0.0634 e. The van der Waals surface area contributed by atoms with E-state index in [1.54, 1.807) is 0 Å². The minimum atomic E-state index is -0.118. The van der Waals surface area contributed by atoms with Crippen molar-refractivity contribution in [1.29, 1.82) is 0 Å².